The number of alkyl halides is 3. The fraction of sp³-hybridized carbons (Fsp3) is 0.308. The number of benzene rings is 1. The molecule has 0 saturated carbocycles. The second-order valence-electron chi connectivity index (χ2n) is 9.57. The van der Waals surface area contributed by atoms with Crippen LogP contribution in [-0.4, -0.2) is 59.8 Å². The molecule has 2 bridgehead atoms. The molecule has 6 rings (SSSR count). The zero-order valence-electron chi connectivity index (χ0n) is 20.9. The van der Waals surface area contributed by atoms with Gasteiger partial charge in [-0.25, -0.2) is 14.6 Å². The number of amides is 1. The first kappa shape index (κ1) is 26.0. The largest absolute Gasteiger partial charge is 0.573 e. The number of piperidine rings is 1. The Balaban J connectivity index is 1.30. The number of hydrogen-bond donors (Lipinski definition) is 0. The number of aromatic nitrogens is 6. The van der Waals surface area contributed by atoms with Crippen LogP contribution in [0.3, 0.4) is 0 Å². The Hall–Kier alpha value is -4.20. The summed E-state index contributed by atoms with van der Waals surface area (Å²) in [5, 5.41) is 8.89. The van der Waals surface area contributed by atoms with Crippen LogP contribution in [0, 0.1) is 5.92 Å². The molecule has 0 spiro atoms. The van der Waals surface area contributed by atoms with Gasteiger partial charge in [-0.2, -0.15) is 0 Å². The first-order valence-electron chi connectivity index (χ1n) is 12.4. The van der Waals surface area contributed by atoms with Crippen LogP contribution >= 0.6 is 11.8 Å². The molecule has 206 valence electrons. The highest BCUT2D eigenvalue weighted by atomic mass is 32.2. The lowest BCUT2D eigenvalue weighted by Crippen LogP contribution is -2.49. The summed E-state index contributed by atoms with van der Waals surface area (Å²) in [6.45, 7) is 1.45. The van der Waals surface area contributed by atoms with Gasteiger partial charge in [0.2, 0.25) is 0 Å². The van der Waals surface area contributed by atoms with Gasteiger partial charge in [-0.3, -0.25) is 9.59 Å². The molecule has 40 heavy (non-hydrogen) atoms. The monoisotopic (exact) mass is 569 g/mol. The SMILES string of the molecule is O=C(c1nnn(-c2ccc(OC(F)(F)F)cc2)c1CSc1ncccn1)N1CC2CC(C1)c1cccc(=O)n1C2. The molecule has 1 amide bonds. The Morgan fingerprint density at radius 1 is 1.02 bits per heavy atom. The maximum atomic E-state index is 13.9. The molecule has 5 heterocycles. The molecule has 2 aliphatic rings. The number of pyridine rings is 1. The first-order valence-corrected chi connectivity index (χ1v) is 13.4. The van der Waals surface area contributed by atoms with Crippen LogP contribution in [0.25, 0.3) is 5.69 Å². The van der Waals surface area contributed by atoms with E-state index in [-0.39, 0.29) is 40.5 Å². The van der Waals surface area contributed by atoms with Gasteiger partial charge < -0.3 is 14.2 Å². The normalized spacial score (nSPS) is 18.3. The number of thioether (sulfide) groups is 1. The number of carbonyl (C=O) groups is 1. The fourth-order valence-electron chi connectivity index (χ4n) is 5.30. The van der Waals surface area contributed by atoms with E-state index in [0.29, 0.717) is 36.2 Å². The summed E-state index contributed by atoms with van der Waals surface area (Å²) in [6, 6.07) is 12.1. The second kappa shape index (κ2) is 10.4. The number of likely N-dealkylation sites (tertiary alicyclic amines) is 1. The highest BCUT2D eigenvalue weighted by Crippen LogP contribution is 2.36. The Morgan fingerprint density at radius 3 is 2.55 bits per heavy atom. The van der Waals surface area contributed by atoms with Gasteiger partial charge in [0, 0.05) is 55.5 Å². The molecule has 10 nitrogen and oxygen atoms in total. The number of ether oxygens (including phenoxy) is 1. The lowest BCUT2D eigenvalue weighted by molar-refractivity contribution is -0.274. The number of nitrogens with zero attached hydrogens (tertiary/aromatic N) is 7. The molecule has 3 aromatic heterocycles. The molecule has 1 aromatic carbocycles. The highest BCUT2D eigenvalue weighted by Gasteiger charge is 2.38. The standard InChI is InChI=1S/C26H22F3N7O3S/c27-26(28,29)39-19-7-5-18(6-8-19)36-21(15-40-25-30-9-2-10-31-25)23(32-33-36)24(38)34-12-16-11-17(14-34)20-3-1-4-22(37)35(20)13-16/h1-10,16-17H,11-15H2. The van der Waals surface area contributed by atoms with Gasteiger partial charge >= 0.3 is 6.36 Å². The number of halogens is 3. The van der Waals surface area contributed by atoms with Crippen LogP contribution in [0.1, 0.15) is 34.2 Å². The summed E-state index contributed by atoms with van der Waals surface area (Å²) in [5.41, 5.74) is 1.89. The topological polar surface area (TPSA) is 108 Å². The number of carbonyl (C=O) groups excluding carboxylic acids is 1. The van der Waals surface area contributed by atoms with E-state index in [1.165, 1.54) is 40.7 Å². The average Bonchev–Trinajstić information content (AvgIpc) is 3.36. The van der Waals surface area contributed by atoms with E-state index in [2.05, 4.69) is 25.0 Å². The van der Waals surface area contributed by atoms with Crippen molar-refractivity contribution in [3.05, 3.63) is 88.4 Å². The van der Waals surface area contributed by atoms with E-state index in [4.69, 9.17) is 0 Å². The van der Waals surface area contributed by atoms with Crippen LogP contribution in [-0.2, 0) is 12.3 Å². The van der Waals surface area contributed by atoms with Gasteiger partial charge in [-0.1, -0.05) is 23.0 Å². The van der Waals surface area contributed by atoms with Crippen molar-refractivity contribution in [1.82, 2.24) is 34.4 Å². The van der Waals surface area contributed by atoms with Crippen LogP contribution in [0.5, 0.6) is 5.75 Å². The minimum atomic E-state index is -4.81. The Morgan fingerprint density at radius 2 is 1.80 bits per heavy atom. The summed E-state index contributed by atoms with van der Waals surface area (Å²) in [7, 11) is 0. The summed E-state index contributed by atoms with van der Waals surface area (Å²) in [6.07, 6.45) is -0.717. The Kier molecular flexibility index (Phi) is 6.78. The molecule has 0 radical (unpaired) electrons. The number of fused-ring (bicyclic) bond motifs is 4. The second-order valence-corrected chi connectivity index (χ2v) is 10.5. The molecule has 0 N–H and O–H groups in total. The average molecular weight is 570 g/mol. The van der Waals surface area contributed by atoms with Crippen molar-refractivity contribution in [3.8, 4) is 11.4 Å². The third-order valence-electron chi connectivity index (χ3n) is 6.93. The van der Waals surface area contributed by atoms with Crippen LogP contribution < -0.4 is 10.3 Å². The molecule has 1 saturated heterocycles. The van der Waals surface area contributed by atoms with E-state index in [0.717, 1.165) is 12.1 Å². The van der Waals surface area contributed by atoms with Crippen molar-refractivity contribution in [2.75, 3.05) is 13.1 Å². The molecule has 0 aliphatic carbocycles. The third-order valence-corrected chi connectivity index (χ3v) is 7.81. The van der Waals surface area contributed by atoms with E-state index >= 15 is 0 Å². The van der Waals surface area contributed by atoms with Crippen molar-refractivity contribution in [3.63, 3.8) is 0 Å². The number of rotatable bonds is 6. The first-order chi connectivity index (χ1) is 19.2. The minimum absolute atomic E-state index is 0.0251. The summed E-state index contributed by atoms with van der Waals surface area (Å²) < 4.78 is 45.1. The highest BCUT2D eigenvalue weighted by molar-refractivity contribution is 7.98. The van der Waals surface area contributed by atoms with Gasteiger partial charge in [0.25, 0.3) is 11.5 Å². The van der Waals surface area contributed by atoms with E-state index in [9.17, 15) is 22.8 Å². The maximum absolute atomic E-state index is 13.9. The zero-order chi connectivity index (χ0) is 27.9. The smallest absolute Gasteiger partial charge is 0.406 e. The summed E-state index contributed by atoms with van der Waals surface area (Å²) in [5.74, 6) is -0.286. The quantitative estimate of drug-likeness (QED) is 0.256. The van der Waals surface area contributed by atoms with Crippen LogP contribution in [0.15, 0.2) is 70.9 Å². The lowest BCUT2D eigenvalue weighted by atomic mass is 9.83. The van der Waals surface area contributed by atoms with Gasteiger partial charge in [0.15, 0.2) is 10.9 Å². The van der Waals surface area contributed by atoms with E-state index in [1.807, 2.05) is 6.07 Å². The molecule has 2 atom stereocenters. The van der Waals surface area contributed by atoms with Crippen molar-refractivity contribution >= 4 is 17.7 Å². The van der Waals surface area contributed by atoms with Gasteiger partial charge in [-0.05, 0) is 48.7 Å². The maximum Gasteiger partial charge on any atom is 0.573 e. The molecule has 2 unspecified atom stereocenters. The minimum Gasteiger partial charge on any atom is -0.406 e. The fourth-order valence-corrected chi connectivity index (χ4v) is 6.09. The Labute approximate surface area is 229 Å². The van der Waals surface area contributed by atoms with E-state index in [1.54, 1.807) is 40.1 Å². The van der Waals surface area contributed by atoms with Crippen molar-refractivity contribution < 1.29 is 22.7 Å². The molecule has 1 fully saturated rings. The third kappa shape index (κ3) is 5.30. The van der Waals surface area contributed by atoms with Gasteiger partial charge in [-0.15, -0.1) is 18.3 Å². The number of hydrogen-bond acceptors (Lipinski definition) is 8. The van der Waals surface area contributed by atoms with Crippen molar-refractivity contribution in [2.24, 2.45) is 5.92 Å². The van der Waals surface area contributed by atoms with Gasteiger partial charge in [0.05, 0.1) is 11.4 Å². The summed E-state index contributed by atoms with van der Waals surface area (Å²) >= 11 is 1.28. The lowest BCUT2D eigenvalue weighted by Gasteiger charge is -2.42. The predicted molar refractivity (Wildman–Crippen MR) is 137 cm³/mol. The van der Waals surface area contributed by atoms with Crippen LogP contribution in [0.4, 0.5) is 13.2 Å². The van der Waals surface area contributed by atoms with E-state index < -0.39 is 6.36 Å². The molecular formula is C26H22F3N7O3S. The summed E-state index contributed by atoms with van der Waals surface area (Å²) in [4.78, 5) is 36.4. The zero-order valence-corrected chi connectivity index (χ0v) is 21.7. The van der Waals surface area contributed by atoms with Crippen molar-refractivity contribution in [1.29, 1.82) is 0 Å². The van der Waals surface area contributed by atoms with Crippen molar-refractivity contribution in [2.45, 2.75) is 36.2 Å². The molecule has 2 aliphatic heterocycles. The van der Waals surface area contributed by atoms with Gasteiger partial charge in [0.1, 0.15) is 5.75 Å². The Bertz CT molecular complexity index is 1590. The predicted octanol–water partition coefficient (Wildman–Crippen LogP) is 3.67. The molecular weight excluding hydrogens is 547 g/mol. The van der Waals surface area contributed by atoms with Crippen LogP contribution in [0.2, 0.25) is 0 Å². The molecule has 4 aromatic rings. The molecule has 14 heteroatoms.